The smallest absolute Gasteiger partial charge is 0.411 e. The Morgan fingerprint density at radius 3 is 2.43 bits per heavy atom. The average Bonchev–Trinajstić information content (AvgIpc) is 3.71. The van der Waals surface area contributed by atoms with Crippen LogP contribution in [0.3, 0.4) is 0 Å². The fourth-order valence-corrected chi connectivity index (χ4v) is 7.49. The van der Waals surface area contributed by atoms with Crippen molar-refractivity contribution in [3.63, 3.8) is 0 Å². The lowest BCUT2D eigenvalue weighted by Gasteiger charge is -2.36. The summed E-state index contributed by atoms with van der Waals surface area (Å²) in [4.78, 5) is 43.1. The number of carbonyl (C=O) groups excluding carboxylic acids is 3. The second kappa shape index (κ2) is 13.5. The van der Waals surface area contributed by atoms with Gasteiger partial charge >= 0.3 is 6.09 Å². The monoisotopic (exact) mass is 664 g/mol. The first kappa shape index (κ1) is 33.6. The molecule has 250 valence electrons. The van der Waals surface area contributed by atoms with Crippen molar-refractivity contribution in [1.29, 1.82) is 0 Å². The predicted octanol–water partition coefficient (Wildman–Crippen LogP) is 4.85. The molecule has 0 radical (unpaired) electrons. The van der Waals surface area contributed by atoms with E-state index in [1.807, 2.05) is 17.0 Å². The number of methoxy groups -OCH3 is 3. The first-order valence-corrected chi connectivity index (χ1v) is 16.8. The Bertz CT molecular complexity index is 1810. The summed E-state index contributed by atoms with van der Waals surface area (Å²) in [5.74, 6) is 0.487. The maximum atomic E-state index is 14.9. The van der Waals surface area contributed by atoms with Gasteiger partial charge in [-0.05, 0) is 85.8 Å². The molecule has 3 aromatic carbocycles. The van der Waals surface area contributed by atoms with Gasteiger partial charge in [0.2, 0.25) is 5.91 Å². The van der Waals surface area contributed by atoms with Gasteiger partial charge in [0.15, 0.2) is 21.3 Å². The zero-order valence-electron chi connectivity index (χ0n) is 27.3. The molecule has 0 spiro atoms. The van der Waals surface area contributed by atoms with E-state index >= 15 is 0 Å². The van der Waals surface area contributed by atoms with E-state index in [0.717, 1.165) is 5.56 Å². The molecular formula is C34H40N4O8S. The van der Waals surface area contributed by atoms with Gasteiger partial charge in [-0.25, -0.2) is 13.2 Å². The summed E-state index contributed by atoms with van der Waals surface area (Å²) in [5.41, 5.74) is 3.45. The third kappa shape index (κ3) is 6.44. The first-order valence-electron chi connectivity index (χ1n) is 15.3. The van der Waals surface area contributed by atoms with E-state index in [1.54, 1.807) is 56.1 Å². The number of fused-ring (bicyclic) bond motifs is 1. The average molecular weight is 665 g/mol. The molecule has 2 aliphatic heterocycles. The Morgan fingerprint density at radius 2 is 1.74 bits per heavy atom. The molecule has 1 fully saturated rings. The Kier molecular flexibility index (Phi) is 9.66. The van der Waals surface area contributed by atoms with Crippen LogP contribution in [0.1, 0.15) is 65.8 Å². The van der Waals surface area contributed by atoms with Crippen molar-refractivity contribution in [3.8, 4) is 11.5 Å². The van der Waals surface area contributed by atoms with Gasteiger partial charge in [-0.3, -0.25) is 14.9 Å². The lowest BCUT2D eigenvalue weighted by atomic mass is 9.99. The summed E-state index contributed by atoms with van der Waals surface area (Å²) in [5, 5.41) is 4.73. The number of sulfone groups is 1. The number of ether oxygens (including phenoxy) is 3. The normalized spacial score (nSPS) is 16.4. The minimum absolute atomic E-state index is 0.105. The molecule has 0 unspecified atom stereocenters. The van der Waals surface area contributed by atoms with Crippen molar-refractivity contribution in [1.82, 2.24) is 10.2 Å². The molecule has 47 heavy (non-hydrogen) atoms. The lowest BCUT2D eigenvalue weighted by Crippen LogP contribution is -2.42. The molecule has 2 N–H and O–H groups in total. The van der Waals surface area contributed by atoms with Crippen LogP contribution in [-0.2, 0) is 25.9 Å². The number of anilines is 2. The molecule has 3 amide bonds. The number of carbonyl (C=O) groups is 3. The maximum absolute atomic E-state index is 14.9. The highest BCUT2D eigenvalue weighted by Gasteiger charge is 2.40. The van der Waals surface area contributed by atoms with Crippen molar-refractivity contribution in [2.75, 3.05) is 45.1 Å². The maximum Gasteiger partial charge on any atom is 0.411 e. The molecule has 2 heterocycles. The summed E-state index contributed by atoms with van der Waals surface area (Å²) in [6, 6.07) is 13.9. The van der Waals surface area contributed by atoms with Crippen LogP contribution in [0.5, 0.6) is 11.5 Å². The summed E-state index contributed by atoms with van der Waals surface area (Å²) in [7, 11) is 2.31. The SMILES string of the molecule is COC(=O)Nc1ccc(S(=O)(=O)C(C)C)c([C@H]2CCCN2C(=O)[C@@H](c2ccc(OC)c(OC)c2)N(C)c2ccc3c(c2)C(=O)NC3)c1. The van der Waals surface area contributed by atoms with E-state index in [4.69, 9.17) is 14.2 Å². The molecule has 1 saturated heterocycles. The molecule has 13 heteroatoms. The van der Waals surface area contributed by atoms with Crippen molar-refractivity contribution in [2.24, 2.45) is 0 Å². The summed E-state index contributed by atoms with van der Waals surface area (Å²) in [6.07, 6.45) is 0.441. The van der Waals surface area contributed by atoms with E-state index in [1.165, 1.54) is 33.5 Å². The number of likely N-dealkylation sites (tertiary alicyclic amines) is 1. The van der Waals surface area contributed by atoms with Crippen LogP contribution in [-0.4, -0.2) is 71.4 Å². The quantitative estimate of drug-likeness (QED) is 0.311. The van der Waals surface area contributed by atoms with Crippen LogP contribution in [0.25, 0.3) is 0 Å². The number of amides is 3. The molecular weight excluding hydrogens is 624 g/mol. The number of nitrogens with one attached hydrogen (secondary N) is 2. The van der Waals surface area contributed by atoms with Gasteiger partial charge in [0.05, 0.1) is 37.5 Å². The molecule has 3 aromatic rings. The third-order valence-corrected chi connectivity index (χ3v) is 11.0. The standard InChI is InChI=1S/C34H40N4O8S/c1-20(2)47(42,43)30-14-11-23(36-34(41)46-6)17-26(30)27-8-7-15-38(27)33(40)31(21-10-13-28(44-4)29(16-21)45-5)37(3)24-12-9-22-19-35-32(39)25(22)18-24/h9-14,16-18,20,27,31H,7-8,15,19H2,1-6H3,(H,35,39)(H,36,41)/t27-,31-/m1/s1. The van der Waals surface area contributed by atoms with Gasteiger partial charge in [0.25, 0.3) is 5.91 Å². The summed E-state index contributed by atoms with van der Waals surface area (Å²) < 4.78 is 43.0. The highest BCUT2D eigenvalue weighted by molar-refractivity contribution is 7.92. The topological polar surface area (TPSA) is 144 Å². The van der Waals surface area contributed by atoms with Gasteiger partial charge in [-0.1, -0.05) is 12.1 Å². The Balaban J connectivity index is 1.62. The van der Waals surface area contributed by atoms with E-state index in [9.17, 15) is 22.8 Å². The second-order valence-electron chi connectivity index (χ2n) is 11.8. The molecule has 0 aromatic heterocycles. The van der Waals surface area contributed by atoms with Gasteiger partial charge in [-0.2, -0.15) is 0 Å². The first-order chi connectivity index (χ1) is 22.4. The number of benzene rings is 3. The Hall–Kier alpha value is -4.78. The molecule has 2 atom stereocenters. The van der Waals surface area contributed by atoms with Crippen molar-refractivity contribution >= 4 is 39.1 Å². The fraction of sp³-hybridized carbons (Fsp3) is 0.382. The van der Waals surface area contributed by atoms with Gasteiger partial charge in [0, 0.05) is 37.1 Å². The number of likely N-dealkylation sites (N-methyl/N-ethyl adjacent to an activating group) is 1. The van der Waals surface area contributed by atoms with Crippen LogP contribution in [0, 0.1) is 0 Å². The summed E-state index contributed by atoms with van der Waals surface area (Å²) >= 11 is 0. The van der Waals surface area contributed by atoms with Crippen LogP contribution in [0.2, 0.25) is 0 Å². The van der Waals surface area contributed by atoms with Crippen molar-refractivity contribution < 1.29 is 37.0 Å². The van der Waals surface area contributed by atoms with E-state index in [0.29, 0.717) is 65.5 Å². The van der Waals surface area contributed by atoms with Gasteiger partial charge in [-0.15, -0.1) is 0 Å². The third-order valence-electron chi connectivity index (χ3n) is 8.79. The molecule has 0 aliphatic carbocycles. The molecule has 12 nitrogen and oxygen atoms in total. The fourth-order valence-electron chi connectivity index (χ4n) is 6.20. The van der Waals surface area contributed by atoms with Crippen molar-refractivity contribution in [3.05, 3.63) is 76.9 Å². The number of hydrogen-bond donors (Lipinski definition) is 2. The van der Waals surface area contributed by atoms with E-state index in [2.05, 4.69) is 10.6 Å². The second-order valence-corrected chi connectivity index (χ2v) is 14.3. The molecule has 0 bridgehead atoms. The summed E-state index contributed by atoms with van der Waals surface area (Å²) in [6.45, 7) is 4.03. The number of rotatable bonds is 10. The highest BCUT2D eigenvalue weighted by Crippen LogP contribution is 2.42. The van der Waals surface area contributed by atoms with Gasteiger partial charge < -0.3 is 29.3 Å². The largest absolute Gasteiger partial charge is 0.493 e. The number of hydrogen-bond acceptors (Lipinski definition) is 9. The Morgan fingerprint density at radius 1 is 1.00 bits per heavy atom. The van der Waals surface area contributed by atoms with Gasteiger partial charge in [0.1, 0.15) is 6.04 Å². The molecule has 0 saturated carbocycles. The molecule has 5 rings (SSSR count). The van der Waals surface area contributed by atoms with E-state index < -0.39 is 33.3 Å². The highest BCUT2D eigenvalue weighted by atomic mass is 32.2. The zero-order valence-corrected chi connectivity index (χ0v) is 28.1. The van der Waals surface area contributed by atoms with Crippen LogP contribution in [0.15, 0.2) is 59.5 Å². The minimum atomic E-state index is -3.77. The van der Waals surface area contributed by atoms with Crippen LogP contribution >= 0.6 is 0 Å². The zero-order chi connectivity index (χ0) is 34.0. The Labute approximate surface area is 274 Å². The minimum Gasteiger partial charge on any atom is -0.493 e. The lowest BCUT2D eigenvalue weighted by molar-refractivity contribution is -0.133. The molecule has 2 aliphatic rings. The van der Waals surface area contributed by atoms with Crippen LogP contribution in [0.4, 0.5) is 16.2 Å². The number of nitrogens with zero attached hydrogens (tertiary/aromatic N) is 2. The van der Waals surface area contributed by atoms with Crippen molar-refractivity contribution in [2.45, 2.75) is 55.5 Å². The predicted molar refractivity (Wildman–Crippen MR) is 177 cm³/mol. The van der Waals surface area contributed by atoms with Crippen LogP contribution < -0.4 is 25.0 Å². The van der Waals surface area contributed by atoms with E-state index in [-0.39, 0.29) is 16.7 Å².